The van der Waals surface area contributed by atoms with Gasteiger partial charge in [0.05, 0.1) is 5.75 Å². The quantitative estimate of drug-likeness (QED) is 0.856. The predicted molar refractivity (Wildman–Crippen MR) is 91.4 cm³/mol. The number of nitrogens with zero attached hydrogens (tertiary/aromatic N) is 3. The molecule has 0 radical (unpaired) electrons. The van der Waals surface area contributed by atoms with Gasteiger partial charge < -0.3 is 4.90 Å². The number of H-pyrrole nitrogens is 1. The molecule has 0 bridgehead atoms. The Labute approximate surface area is 140 Å². The molecule has 1 aromatic heterocycles. The molecule has 0 spiro atoms. The lowest BCUT2D eigenvalue weighted by atomic mass is 10.0. The topological polar surface area (TPSA) is 61.9 Å². The first-order valence-corrected chi connectivity index (χ1v) is 9.08. The Morgan fingerprint density at radius 1 is 1.35 bits per heavy atom. The van der Waals surface area contributed by atoms with Crippen LogP contribution >= 0.6 is 11.8 Å². The van der Waals surface area contributed by atoms with Crippen LogP contribution in [-0.2, 0) is 11.2 Å². The van der Waals surface area contributed by atoms with Crippen LogP contribution in [0, 0.1) is 0 Å². The maximum atomic E-state index is 12.3. The molecule has 1 aromatic carbocycles. The highest BCUT2D eigenvalue weighted by molar-refractivity contribution is 7.99. The van der Waals surface area contributed by atoms with Gasteiger partial charge in [0.2, 0.25) is 11.1 Å². The number of nitrogens with one attached hydrogen (secondary N) is 1. The summed E-state index contributed by atoms with van der Waals surface area (Å²) < 4.78 is 0. The first-order valence-electron chi connectivity index (χ1n) is 8.10. The molecule has 5 nitrogen and oxygen atoms in total. The summed E-state index contributed by atoms with van der Waals surface area (Å²) in [6, 6.07) is 10.5. The number of carbonyl (C=O) groups is 1. The summed E-state index contributed by atoms with van der Waals surface area (Å²) in [6.07, 6.45) is 4.17. The molecule has 2 heterocycles. The summed E-state index contributed by atoms with van der Waals surface area (Å²) in [4.78, 5) is 18.8. The number of thioether (sulfide) groups is 1. The highest BCUT2D eigenvalue weighted by Gasteiger charge is 2.23. The number of hydrogen-bond acceptors (Lipinski definition) is 4. The summed E-state index contributed by atoms with van der Waals surface area (Å²) >= 11 is 1.41. The molecule has 1 amide bonds. The fraction of sp³-hybridized carbons (Fsp3) is 0.471. The van der Waals surface area contributed by atoms with Gasteiger partial charge in [-0.3, -0.25) is 9.89 Å². The highest BCUT2D eigenvalue weighted by Crippen LogP contribution is 2.20. The van der Waals surface area contributed by atoms with E-state index < -0.39 is 0 Å². The number of piperidine rings is 1. The number of amides is 1. The Bertz CT molecular complexity index is 643. The van der Waals surface area contributed by atoms with E-state index >= 15 is 0 Å². The fourth-order valence-electron chi connectivity index (χ4n) is 2.89. The summed E-state index contributed by atoms with van der Waals surface area (Å²) in [5.74, 6) is 1.43. The number of aromatic amines is 1. The van der Waals surface area contributed by atoms with Gasteiger partial charge in [-0.05, 0) is 31.7 Å². The Morgan fingerprint density at radius 2 is 2.17 bits per heavy atom. The molecule has 122 valence electrons. The molecule has 0 aliphatic carbocycles. The maximum absolute atomic E-state index is 12.3. The second kappa shape index (κ2) is 7.64. The third-order valence-corrected chi connectivity index (χ3v) is 5.01. The van der Waals surface area contributed by atoms with Crippen LogP contribution in [0.15, 0.2) is 35.5 Å². The minimum atomic E-state index is 0.191. The van der Waals surface area contributed by atoms with Crippen molar-refractivity contribution >= 4 is 17.7 Å². The van der Waals surface area contributed by atoms with Crippen molar-refractivity contribution in [3.63, 3.8) is 0 Å². The van der Waals surface area contributed by atoms with E-state index in [0.29, 0.717) is 17.0 Å². The molecule has 2 aromatic rings. The largest absolute Gasteiger partial charge is 0.339 e. The van der Waals surface area contributed by atoms with Crippen molar-refractivity contribution < 1.29 is 4.79 Å². The van der Waals surface area contributed by atoms with E-state index in [4.69, 9.17) is 0 Å². The van der Waals surface area contributed by atoms with Crippen molar-refractivity contribution in [3.8, 4) is 0 Å². The number of aromatic nitrogens is 3. The normalized spacial score (nSPS) is 18.1. The van der Waals surface area contributed by atoms with Gasteiger partial charge in [-0.25, -0.2) is 4.98 Å². The summed E-state index contributed by atoms with van der Waals surface area (Å²) in [5.41, 5.74) is 1.19. The molecule has 3 rings (SSSR count). The Morgan fingerprint density at radius 3 is 2.96 bits per heavy atom. The molecule has 1 fully saturated rings. The molecule has 0 saturated carbocycles. The number of hydrogen-bond donors (Lipinski definition) is 1. The minimum absolute atomic E-state index is 0.191. The average molecular weight is 330 g/mol. The smallest absolute Gasteiger partial charge is 0.233 e. The van der Waals surface area contributed by atoms with E-state index in [1.807, 2.05) is 23.1 Å². The lowest BCUT2D eigenvalue weighted by molar-refractivity contribution is -0.131. The molecular formula is C17H22N4OS. The fourth-order valence-corrected chi connectivity index (χ4v) is 3.59. The molecule has 1 aliphatic rings. The molecule has 1 unspecified atom stereocenters. The number of likely N-dealkylation sites (tertiary alicyclic amines) is 1. The van der Waals surface area contributed by atoms with E-state index in [-0.39, 0.29) is 5.91 Å². The summed E-state index contributed by atoms with van der Waals surface area (Å²) in [7, 11) is 0. The number of carbonyl (C=O) groups excluding carboxylic acids is 1. The van der Waals surface area contributed by atoms with Crippen molar-refractivity contribution in [1.29, 1.82) is 0 Å². The third kappa shape index (κ3) is 4.34. The molecule has 1 aliphatic heterocycles. The van der Waals surface area contributed by atoms with Gasteiger partial charge >= 0.3 is 0 Å². The van der Waals surface area contributed by atoms with Crippen molar-refractivity contribution in [2.75, 3.05) is 12.3 Å². The molecule has 1 N–H and O–H groups in total. The predicted octanol–water partition coefficient (Wildman–Crippen LogP) is 2.89. The SMILES string of the molecule is CC1CCCCN1C(=O)CSc1n[nH]c(Cc2ccccc2)n1. The molecule has 6 heteroatoms. The van der Waals surface area contributed by atoms with Crippen molar-refractivity contribution in [2.24, 2.45) is 0 Å². The lowest BCUT2D eigenvalue weighted by Gasteiger charge is -2.33. The second-order valence-electron chi connectivity index (χ2n) is 5.95. The lowest BCUT2D eigenvalue weighted by Crippen LogP contribution is -2.42. The maximum Gasteiger partial charge on any atom is 0.233 e. The van der Waals surface area contributed by atoms with Crippen molar-refractivity contribution in [1.82, 2.24) is 20.1 Å². The van der Waals surface area contributed by atoms with Gasteiger partial charge in [0.1, 0.15) is 5.82 Å². The second-order valence-corrected chi connectivity index (χ2v) is 6.89. The van der Waals surface area contributed by atoms with E-state index in [2.05, 4.69) is 34.2 Å². The van der Waals surface area contributed by atoms with E-state index in [1.54, 1.807) is 0 Å². The van der Waals surface area contributed by atoms with Gasteiger partial charge in [-0.2, -0.15) is 0 Å². The first kappa shape index (κ1) is 16.1. The van der Waals surface area contributed by atoms with Crippen LogP contribution in [-0.4, -0.2) is 44.3 Å². The van der Waals surface area contributed by atoms with E-state index in [9.17, 15) is 4.79 Å². The first-order chi connectivity index (χ1) is 11.2. The van der Waals surface area contributed by atoms with Crippen LogP contribution in [0.4, 0.5) is 0 Å². The molecular weight excluding hydrogens is 308 g/mol. The van der Waals surface area contributed by atoms with Crippen LogP contribution in [0.1, 0.15) is 37.6 Å². The van der Waals surface area contributed by atoms with E-state index in [0.717, 1.165) is 31.6 Å². The van der Waals surface area contributed by atoms with Crippen LogP contribution in [0.3, 0.4) is 0 Å². The van der Waals surface area contributed by atoms with Gasteiger partial charge in [0.15, 0.2) is 0 Å². The number of rotatable bonds is 5. The number of benzene rings is 1. The van der Waals surface area contributed by atoms with Crippen molar-refractivity contribution in [2.45, 2.75) is 43.8 Å². The third-order valence-electron chi connectivity index (χ3n) is 4.17. The Balaban J connectivity index is 1.52. The zero-order chi connectivity index (χ0) is 16.1. The Hall–Kier alpha value is -1.82. The zero-order valence-corrected chi connectivity index (χ0v) is 14.2. The minimum Gasteiger partial charge on any atom is -0.339 e. The molecule has 1 saturated heterocycles. The summed E-state index contributed by atoms with van der Waals surface area (Å²) in [5, 5.41) is 7.81. The van der Waals surface area contributed by atoms with Crippen molar-refractivity contribution in [3.05, 3.63) is 41.7 Å². The Kier molecular flexibility index (Phi) is 5.33. The average Bonchev–Trinajstić information content (AvgIpc) is 3.01. The van der Waals surface area contributed by atoms with Crippen LogP contribution in [0.2, 0.25) is 0 Å². The monoisotopic (exact) mass is 330 g/mol. The van der Waals surface area contributed by atoms with Gasteiger partial charge in [-0.15, -0.1) is 5.10 Å². The molecule has 1 atom stereocenters. The van der Waals surface area contributed by atoms with E-state index in [1.165, 1.54) is 23.7 Å². The standard InChI is InChI=1S/C17H22N4OS/c1-13-7-5-6-10-21(13)16(22)12-23-17-18-15(19-20-17)11-14-8-3-2-4-9-14/h2-4,8-9,13H,5-7,10-12H2,1H3,(H,18,19,20). The van der Waals surface area contributed by atoms with Crippen LogP contribution < -0.4 is 0 Å². The summed E-state index contributed by atoms with van der Waals surface area (Å²) in [6.45, 7) is 3.01. The van der Waals surface area contributed by atoms with Gasteiger partial charge in [0.25, 0.3) is 0 Å². The van der Waals surface area contributed by atoms with Gasteiger partial charge in [-0.1, -0.05) is 42.1 Å². The van der Waals surface area contributed by atoms with Gasteiger partial charge in [0, 0.05) is 19.0 Å². The molecule has 23 heavy (non-hydrogen) atoms. The zero-order valence-electron chi connectivity index (χ0n) is 13.4. The highest BCUT2D eigenvalue weighted by atomic mass is 32.2. The van der Waals surface area contributed by atoms with Crippen LogP contribution in [0.25, 0.3) is 0 Å². The van der Waals surface area contributed by atoms with Crippen LogP contribution in [0.5, 0.6) is 0 Å².